The molecule has 1 aromatic carbocycles. The number of furan rings is 1. The number of nitrogens with one attached hydrogen (secondary N) is 1. The van der Waals surface area contributed by atoms with Gasteiger partial charge in [0.1, 0.15) is 5.82 Å². The fourth-order valence-corrected chi connectivity index (χ4v) is 2.75. The summed E-state index contributed by atoms with van der Waals surface area (Å²) in [6.07, 6.45) is 0.555. The molecule has 1 amide bonds. The molecule has 1 aliphatic heterocycles. The molecule has 2 heterocycles. The molecule has 146 valence electrons. The molecule has 0 spiro atoms. The van der Waals surface area contributed by atoms with Crippen LogP contribution in [0.4, 0.5) is 4.39 Å². The van der Waals surface area contributed by atoms with Gasteiger partial charge in [-0.15, -0.1) is 0 Å². The molecule has 28 heavy (non-hydrogen) atoms. The van der Waals surface area contributed by atoms with Crippen molar-refractivity contribution < 1.29 is 28.2 Å². The smallest absolute Gasteiger partial charge is 0.289 e. The minimum atomic E-state index is -0.634. The van der Waals surface area contributed by atoms with E-state index in [9.17, 15) is 19.1 Å². The topological polar surface area (TPSA) is 104 Å². The van der Waals surface area contributed by atoms with E-state index in [2.05, 4.69) is 0 Å². The van der Waals surface area contributed by atoms with E-state index in [0.717, 1.165) is 5.56 Å². The van der Waals surface area contributed by atoms with E-state index in [1.54, 1.807) is 19.1 Å². The van der Waals surface area contributed by atoms with Gasteiger partial charge in [0, 0.05) is 26.0 Å². The highest BCUT2D eigenvalue weighted by Gasteiger charge is 2.34. The number of carbonyl (C=O) groups excluding carboxylic acids is 2. The van der Waals surface area contributed by atoms with Crippen molar-refractivity contribution in [2.45, 2.75) is 19.8 Å². The zero-order valence-electron chi connectivity index (χ0n) is 15.4. The molecule has 1 aromatic heterocycles. The van der Waals surface area contributed by atoms with Crippen molar-refractivity contribution in [1.29, 1.82) is 5.41 Å². The molecule has 3 rings (SSSR count). The summed E-state index contributed by atoms with van der Waals surface area (Å²) in [5, 5.41) is 17.7. The van der Waals surface area contributed by atoms with Gasteiger partial charge in [-0.2, -0.15) is 0 Å². The fraction of sp³-hybridized carbons (Fsp3) is 0.250. The molecule has 2 N–H and O–H groups in total. The summed E-state index contributed by atoms with van der Waals surface area (Å²) in [4.78, 5) is 25.7. The van der Waals surface area contributed by atoms with E-state index in [1.165, 1.54) is 30.1 Å². The summed E-state index contributed by atoms with van der Waals surface area (Å²) in [5.41, 5.74) is 0.659. The standard InChI is InChI=1S/C20H19FN2O5/c1-3-17(22)28-15-9-16(18(24)13-10-23(2)20(26)19(13)25)27-14(15)8-11-4-6-12(21)7-5-11/h4-7,9,22,25H,3,8,10H2,1-2H3. The molecule has 0 saturated carbocycles. The second-order valence-corrected chi connectivity index (χ2v) is 6.40. The Morgan fingerprint density at radius 3 is 2.61 bits per heavy atom. The highest BCUT2D eigenvalue weighted by Crippen LogP contribution is 2.30. The first kappa shape index (κ1) is 19.3. The van der Waals surface area contributed by atoms with Crippen molar-refractivity contribution in [3.63, 3.8) is 0 Å². The van der Waals surface area contributed by atoms with E-state index in [0.29, 0.717) is 6.42 Å². The molecule has 0 saturated heterocycles. The van der Waals surface area contributed by atoms with Gasteiger partial charge >= 0.3 is 0 Å². The Kier molecular flexibility index (Phi) is 5.30. The molecule has 0 aliphatic carbocycles. The highest BCUT2D eigenvalue weighted by atomic mass is 19.1. The number of ether oxygens (including phenoxy) is 1. The first-order valence-electron chi connectivity index (χ1n) is 8.64. The number of ketones is 1. The maximum absolute atomic E-state index is 13.1. The summed E-state index contributed by atoms with van der Waals surface area (Å²) in [7, 11) is 1.47. The van der Waals surface area contributed by atoms with Crippen LogP contribution < -0.4 is 4.74 Å². The minimum absolute atomic E-state index is 0.0157. The van der Waals surface area contributed by atoms with Gasteiger partial charge in [-0.25, -0.2) is 4.39 Å². The Labute approximate surface area is 160 Å². The molecular formula is C20H19FN2O5. The van der Waals surface area contributed by atoms with Crippen molar-refractivity contribution in [1.82, 2.24) is 4.90 Å². The number of hydrogen-bond acceptors (Lipinski definition) is 6. The molecule has 1 aliphatic rings. The zero-order valence-corrected chi connectivity index (χ0v) is 15.4. The average Bonchev–Trinajstić information content (AvgIpc) is 3.18. The van der Waals surface area contributed by atoms with Crippen molar-refractivity contribution in [3.8, 4) is 5.75 Å². The van der Waals surface area contributed by atoms with Gasteiger partial charge in [-0.1, -0.05) is 19.1 Å². The van der Waals surface area contributed by atoms with Crippen molar-refractivity contribution >= 4 is 17.6 Å². The van der Waals surface area contributed by atoms with Crippen LogP contribution in [0.2, 0.25) is 0 Å². The zero-order chi connectivity index (χ0) is 20.4. The molecule has 0 fully saturated rings. The number of Topliss-reactive ketones (excluding diaryl/α,β-unsaturated/α-hetero) is 1. The fourth-order valence-electron chi connectivity index (χ4n) is 2.75. The van der Waals surface area contributed by atoms with Crippen LogP contribution in [0.15, 0.2) is 46.1 Å². The van der Waals surface area contributed by atoms with Crippen molar-refractivity contribution in [3.05, 3.63) is 64.6 Å². The van der Waals surface area contributed by atoms with E-state index in [-0.39, 0.29) is 47.5 Å². The largest absolute Gasteiger partial charge is 0.503 e. The summed E-state index contributed by atoms with van der Waals surface area (Å²) < 4.78 is 24.2. The lowest BCUT2D eigenvalue weighted by Gasteiger charge is -2.06. The normalized spacial score (nSPS) is 14.0. The summed E-state index contributed by atoms with van der Waals surface area (Å²) in [6, 6.07) is 7.11. The van der Waals surface area contributed by atoms with Crippen LogP contribution >= 0.6 is 0 Å². The third-order valence-corrected chi connectivity index (χ3v) is 4.33. The van der Waals surface area contributed by atoms with Crippen LogP contribution in [0.25, 0.3) is 0 Å². The van der Waals surface area contributed by atoms with Crippen LogP contribution in [0, 0.1) is 11.2 Å². The summed E-state index contributed by atoms with van der Waals surface area (Å²) in [5.74, 6) is -1.89. The molecule has 8 heteroatoms. The number of carbonyl (C=O) groups is 2. The van der Waals surface area contributed by atoms with Crippen LogP contribution in [0.5, 0.6) is 5.75 Å². The summed E-state index contributed by atoms with van der Waals surface area (Å²) in [6.45, 7) is 1.72. The van der Waals surface area contributed by atoms with Gasteiger partial charge in [-0.05, 0) is 17.7 Å². The van der Waals surface area contributed by atoms with E-state index in [1.807, 2.05) is 0 Å². The Morgan fingerprint density at radius 1 is 1.36 bits per heavy atom. The Balaban J connectivity index is 1.94. The quantitative estimate of drug-likeness (QED) is 0.451. The molecule has 2 aromatic rings. The number of amides is 1. The number of hydrogen-bond donors (Lipinski definition) is 2. The first-order chi connectivity index (χ1) is 13.3. The monoisotopic (exact) mass is 386 g/mol. The maximum atomic E-state index is 13.1. The number of aliphatic hydroxyl groups excluding tert-OH is 1. The van der Waals surface area contributed by atoms with Crippen LogP contribution in [0.3, 0.4) is 0 Å². The van der Waals surface area contributed by atoms with Crippen molar-refractivity contribution in [2.24, 2.45) is 0 Å². The SMILES string of the molecule is CCC(=N)Oc1cc(C(=O)C2=C(O)C(=O)N(C)C2)oc1Cc1ccc(F)cc1. The number of nitrogens with zero attached hydrogens (tertiary/aromatic N) is 1. The van der Waals surface area contributed by atoms with Gasteiger partial charge in [0.15, 0.2) is 28.9 Å². The lowest BCUT2D eigenvalue weighted by molar-refractivity contribution is -0.126. The molecule has 0 unspecified atom stereocenters. The number of likely N-dealkylation sites (N-methyl/N-ethyl adjacent to an activating group) is 1. The average molecular weight is 386 g/mol. The number of halogens is 1. The minimum Gasteiger partial charge on any atom is -0.503 e. The van der Waals surface area contributed by atoms with Gasteiger partial charge < -0.3 is 19.2 Å². The van der Waals surface area contributed by atoms with Crippen molar-refractivity contribution in [2.75, 3.05) is 13.6 Å². The van der Waals surface area contributed by atoms with E-state index < -0.39 is 17.4 Å². The van der Waals surface area contributed by atoms with Crippen LogP contribution in [0.1, 0.15) is 35.2 Å². The summed E-state index contributed by atoms with van der Waals surface area (Å²) >= 11 is 0. The molecule has 0 atom stereocenters. The Bertz CT molecular complexity index is 975. The number of benzene rings is 1. The van der Waals surface area contributed by atoms with E-state index >= 15 is 0 Å². The lowest BCUT2D eigenvalue weighted by Crippen LogP contribution is -2.22. The predicted molar refractivity (Wildman–Crippen MR) is 98.2 cm³/mol. The third-order valence-electron chi connectivity index (χ3n) is 4.33. The van der Waals surface area contributed by atoms with Crippen LogP contribution in [-0.4, -0.2) is 41.2 Å². The molecular weight excluding hydrogens is 367 g/mol. The van der Waals surface area contributed by atoms with Gasteiger partial charge in [0.05, 0.1) is 12.1 Å². The van der Waals surface area contributed by atoms with Crippen LogP contribution in [-0.2, 0) is 11.2 Å². The highest BCUT2D eigenvalue weighted by molar-refractivity contribution is 6.14. The molecule has 0 radical (unpaired) electrons. The molecule has 7 nitrogen and oxygen atoms in total. The van der Waals surface area contributed by atoms with E-state index in [4.69, 9.17) is 14.6 Å². The van der Waals surface area contributed by atoms with Gasteiger partial charge in [-0.3, -0.25) is 15.0 Å². The third kappa shape index (κ3) is 3.80. The second-order valence-electron chi connectivity index (χ2n) is 6.40. The Morgan fingerprint density at radius 2 is 2.04 bits per heavy atom. The second kappa shape index (κ2) is 7.67. The Hall–Kier alpha value is -3.42. The first-order valence-corrected chi connectivity index (χ1v) is 8.64. The van der Waals surface area contributed by atoms with Gasteiger partial charge in [0.25, 0.3) is 5.91 Å². The lowest BCUT2D eigenvalue weighted by atomic mass is 10.1. The van der Waals surface area contributed by atoms with Gasteiger partial charge in [0.2, 0.25) is 5.78 Å². The number of rotatable bonds is 6. The molecule has 0 bridgehead atoms. The maximum Gasteiger partial charge on any atom is 0.289 e. The predicted octanol–water partition coefficient (Wildman–Crippen LogP) is 3.24. The number of aliphatic hydroxyl groups is 1.